The summed E-state index contributed by atoms with van der Waals surface area (Å²) >= 11 is 0. The summed E-state index contributed by atoms with van der Waals surface area (Å²) in [5.41, 5.74) is 0.862. The van der Waals surface area contributed by atoms with Gasteiger partial charge in [0.15, 0.2) is 6.10 Å². The Morgan fingerprint density at radius 1 is 0.586 bits per heavy atom. The second-order valence-electron chi connectivity index (χ2n) is 19.6. The van der Waals surface area contributed by atoms with Crippen molar-refractivity contribution in [3.63, 3.8) is 0 Å². The van der Waals surface area contributed by atoms with Gasteiger partial charge in [0.05, 0.1) is 25.4 Å². The van der Waals surface area contributed by atoms with Crippen LogP contribution in [-0.4, -0.2) is 80.6 Å². The maximum Gasteiger partial charge on any atom is 0.472 e. The van der Waals surface area contributed by atoms with Crippen LogP contribution in [0.2, 0.25) is 0 Å². The summed E-state index contributed by atoms with van der Waals surface area (Å²) in [7, 11) is -4.58. The molecule has 70 heavy (non-hydrogen) atoms. The minimum Gasteiger partial charge on any atom is -0.462 e. The van der Waals surface area contributed by atoms with Gasteiger partial charge in [0.2, 0.25) is 5.91 Å². The summed E-state index contributed by atoms with van der Waals surface area (Å²) in [4.78, 5) is 48.2. The molecular weight excluding hydrogens is 906 g/mol. The van der Waals surface area contributed by atoms with Crippen molar-refractivity contribution < 1.29 is 51.8 Å². The Kier molecular flexibility index (Phi) is 47.3. The van der Waals surface area contributed by atoms with Crippen LogP contribution >= 0.6 is 7.82 Å². The van der Waals surface area contributed by atoms with E-state index in [-0.39, 0.29) is 50.5 Å². The van der Waals surface area contributed by atoms with Gasteiger partial charge in [-0.1, -0.05) is 153 Å². The molecular formula is C57H106NO11P. The van der Waals surface area contributed by atoms with Gasteiger partial charge >= 0.3 is 19.8 Å². The lowest BCUT2D eigenvalue weighted by atomic mass is 9.99. The topological polar surface area (TPSA) is 156 Å². The maximum atomic E-state index is 12.8. The highest BCUT2D eigenvalue weighted by Crippen LogP contribution is 2.43. The zero-order valence-electron chi connectivity index (χ0n) is 45.6. The lowest BCUT2D eigenvalue weighted by molar-refractivity contribution is -0.161. The number of hydrogen-bond donors (Lipinski definition) is 2. The molecule has 410 valence electrons. The molecule has 3 atom stereocenters. The Labute approximate surface area is 428 Å². The van der Waals surface area contributed by atoms with E-state index in [1.807, 2.05) is 6.92 Å². The average Bonchev–Trinajstić information content (AvgIpc) is 3.33. The van der Waals surface area contributed by atoms with E-state index in [2.05, 4.69) is 63.9 Å². The molecule has 1 amide bonds. The van der Waals surface area contributed by atoms with Crippen molar-refractivity contribution >= 4 is 25.7 Å². The van der Waals surface area contributed by atoms with Gasteiger partial charge in [-0.25, -0.2) is 4.57 Å². The third-order valence-corrected chi connectivity index (χ3v) is 13.5. The molecule has 13 heteroatoms. The quantitative estimate of drug-likeness (QED) is 0.0259. The fraction of sp³-hybridized carbons (Fsp3) is 0.842. The van der Waals surface area contributed by atoms with Gasteiger partial charge in [-0.3, -0.25) is 23.4 Å². The van der Waals surface area contributed by atoms with Crippen molar-refractivity contribution in [2.75, 3.05) is 46.2 Å². The SMILES string of the molecule is C=C(C)CCOC(C)(CC)CCOCCCCC(=O)NCCOP(=O)(O)OCC(COC(=O)CCCCCCC/C=C\CCCCCCCC)OC(=O)CCCCCCC/C=C\CCCCCCCC. The van der Waals surface area contributed by atoms with Crippen molar-refractivity contribution in [1.29, 1.82) is 0 Å². The van der Waals surface area contributed by atoms with E-state index in [0.29, 0.717) is 39.1 Å². The van der Waals surface area contributed by atoms with E-state index >= 15 is 0 Å². The molecule has 0 saturated heterocycles. The predicted octanol–water partition coefficient (Wildman–Crippen LogP) is 15.5. The number of allylic oxidation sites excluding steroid dienone is 4. The fourth-order valence-electron chi connectivity index (χ4n) is 7.66. The molecule has 0 aliphatic heterocycles. The molecule has 3 unspecified atom stereocenters. The highest BCUT2D eigenvalue weighted by Gasteiger charge is 2.26. The molecule has 0 rings (SSSR count). The molecule has 0 aliphatic carbocycles. The van der Waals surface area contributed by atoms with Crippen LogP contribution in [0.1, 0.15) is 253 Å². The molecule has 0 radical (unpaired) electrons. The Morgan fingerprint density at radius 2 is 1.07 bits per heavy atom. The molecule has 0 bridgehead atoms. The molecule has 0 aromatic rings. The minimum atomic E-state index is -4.58. The number of phosphoric ester groups is 1. The van der Waals surface area contributed by atoms with Gasteiger partial charge in [-0.05, 0) is 110 Å². The van der Waals surface area contributed by atoms with E-state index in [1.165, 1.54) is 83.5 Å². The van der Waals surface area contributed by atoms with Crippen LogP contribution in [0.15, 0.2) is 36.5 Å². The first-order valence-electron chi connectivity index (χ1n) is 28.3. The number of ether oxygens (including phenoxy) is 4. The summed E-state index contributed by atoms with van der Waals surface area (Å²) in [5.74, 6) is -1.11. The van der Waals surface area contributed by atoms with E-state index in [1.54, 1.807) is 0 Å². The van der Waals surface area contributed by atoms with Crippen LogP contribution in [0.5, 0.6) is 0 Å². The summed E-state index contributed by atoms with van der Waals surface area (Å²) in [6.45, 7) is 15.3. The first kappa shape index (κ1) is 67.7. The average molecular weight is 1010 g/mol. The van der Waals surface area contributed by atoms with Crippen LogP contribution in [0, 0.1) is 0 Å². The standard InChI is InChI=1S/C57H106NO11P/c1-7-10-12-14-16-18-20-22-24-26-28-30-32-34-36-41-55(60)65-50-53(69-56(61)42-37-35-33-31-29-27-25-23-21-19-17-15-13-11-8-2)51-68-70(62,63)67-49-45-58-54(59)40-38-39-46-64-48-44-57(6,9-3)66-47-43-52(4)5/h22-25,53H,4,7-21,26-51H2,1-3,5-6H3,(H,58,59)(H,62,63)/b24-22-,25-23-. The molecule has 0 aromatic carbocycles. The molecule has 12 nitrogen and oxygen atoms in total. The third-order valence-electron chi connectivity index (χ3n) is 12.6. The predicted molar refractivity (Wildman–Crippen MR) is 288 cm³/mol. The molecule has 0 aromatic heterocycles. The van der Waals surface area contributed by atoms with E-state index in [9.17, 15) is 23.8 Å². The van der Waals surface area contributed by atoms with Crippen molar-refractivity contribution in [3.8, 4) is 0 Å². The second kappa shape index (κ2) is 48.9. The summed E-state index contributed by atoms with van der Waals surface area (Å²) in [6, 6.07) is 0. The molecule has 0 fully saturated rings. The van der Waals surface area contributed by atoms with E-state index in [0.717, 1.165) is 102 Å². The highest BCUT2D eigenvalue weighted by molar-refractivity contribution is 7.47. The number of esters is 2. The number of amides is 1. The normalized spacial score (nSPS) is 13.9. The van der Waals surface area contributed by atoms with Crippen molar-refractivity contribution in [2.24, 2.45) is 0 Å². The number of unbranched alkanes of at least 4 members (excludes halogenated alkanes) is 23. The Morgan fingerprint density at radius 3 is 1.59 bits per heavy atom. The number of phosphoric acid groups is 1. The van der Waals surface area contributed by atoms with Crippen LogP contribution in [0.25, 0.3) is 0 Å². The number of carbonyl (C=O) groups is 3. The van der Waals surface area contributed by atoms with Crippen LogP contribution < -0.4 is 5.32 Å². The van der Waals surface area contributed by atoms with E-state index < -0.39 is 32.5 Å². The minimum absolute atomic E-state index is 0.00651. The van der Waals surface area contributed by atoms with Crippen molar-refractivity contribution in [3.05, 3.63) is 36.5 Å². The monoisotopic (exact) mass is 1010 g/mol. The Hall–Kier alpha value is -2.34. The molecule has 0 spiro atoms. The first-order valence-corrected chi connectivity index (χ1v) is 29.8. The highest BCUT2D eigenvalue weighted by atomic mass is 31.2. The van der Waals surface area contributed by atoms with Crippen LogP contribution in [0.4, 0.5) is 0 Å². The van der Waals surface area contributed by atoms with Crippen LogP contribution in [0.3, 0.4) is 0 Å². The number of hydrogen-bond acceptors (Lipinski definition) is 10. The van der Waals surface area contributed by atoms with Gasteiger partial charge in [-0.15, -0.1) is 6.58 Å². The van der Waals surface area contributed by atoms with Crippen molar-refractivity contribution in [1.82, 2.24) is 5.32 Å². The summed E-state index contributed by atoms with van der Waals surface area (Å²) in [5, 5.41) is 2.69. The lowest BCUT2D eigenvalue weighted by Crippen LogP contribution is -2.30. The lowest BCUT2D eigenvalue weighted by Gasteiger charge is -2.28. The number of carbonyl (C=O) groups excluding carboxylic acids is 3. The Bertz CT molecular complexity index is 1370. The summed E-state index contributed by atoms with van der Waals surface area (Å²) in [6.07, 6.45) is 42.7. The van der Waals surface area contributed by atoms with Crippen LogP contribution in [-0.2, 0) is 46.9 Å². The number of nitrogens with one attached hydrogen (secondary N) is 1. The molecule has 0 saturated carbocycles. The zero-order valence-corrected chi connectivity index (χ0v) is 46.5. The van der Waals surface area contributed by atoms with E-state index in [4.69, 9.17) is 28.0 Å². The summed E-state index contributed by atoms with van der Waals surface area (Å²) < 4.78 is 46.0. The third kappa shape index (κ3) is 48.0. The number of rotatable bonds is 53. The van der Waals surface area contributed by atoms with Gasteiger partial charge < -0.3 is 29.2 Å². The van der Waals surface area contributed by atoms with Gasteiger partial charge in [0.1, 0.15) is 6.61 Å². The van der Waals surface area contributed by atoms with Gasteiger partial charge in [0.25, 0.3) is 0 Å². The maximum absolute atomic E-state index is 12.8. The first-order chi connectivity index (χ1) is 33.9. The zero-order chi connectivity index (χ0) is 51.7. The van der Waals surface area contributed by atoms with Gasteiger partial charge in [-0.2, -0.15) is 0 Å². The van der Waals surface area contributed by atoms with Gasteiger partial charge in [0, 0.05) is 39.0 Å². The smallest absolute Gasteiger partial charge is 0.462 e. The molecule has 0 heterocycles. The Balaban J connectivity index is 4.64. The molecule has 0 aliphatic rings. The fourth-order valence-corrected chi connectivity index (χ4v) is 8.41. The molecule has 2 N–H and O–H groups in total. The second-order valence-corrected chi connectivity index (χ2v) is 21.0. The van der Waals surface area contributed by atoms with Crippen molar-refractivity contribution in [2.45, 2.75) is 265 Å². The largest absolute Gasteiger partial charge is 0.472 e.